The molecule has 1 heterocycles. The Morgan fingerprint density at radius 1 is 1.29 bits per heavy atom. The molecule has 1 aromatic heterocycles. The van der Waals surface area contributed by atoms with Crippen LogP contribution in [0.5, 0.6) is 0 Å². The summed E-state index contributed by atoms with van der Waals surface area (Å²) in [6.45, 7) is 6.53. The quantitative estimate of drug-likeness (QED) is 0.773. The molecule has 1 aromatic carbocycles. The number of aromatic nitrogens is 2. The molecular weight excluding hydrogens is 354 g/mol. The summed E-state index contributed by atoms with van der Waals surface area (Å²) >= 11 is 0. The van der Waals surface area contributed by atoms with Gasteiger partial charge in [-0.15, -0.1) is 0 Å². The maximum atomic E-state index is 12.4. The highest BCUT2D eigenvalue weighted by molar-refractivity contribution is 5.77. The fourth-order valence-electron chi connectivity index (χ4n) is 3.94. The summed E-state index contributed by atoms with van der Waals surface area (Å²) in [6.07, 6.45) is 4.72. The first-order valence-corrected chi connectivity index (χ1v) is 9.80. The first kappa shape index (κ1) is 20.1. The Kier molecular flexibility index (Phi) is 5.87. The van der Waals surface area contributed by atoms with E-state index >= 15 is 0 Å². The van der Waals surface area contributed by atoms with E-state index in [0.717, 1.165) is 29.8 Å². The number of aryl methyl sites for hydroxylation is 1. The van der Waals surface area contributed by atoms with Crippen molar-refractivity contribution in [2.75, 3.05) is 7.11 Å². The third-order valence-electron chi connectivity index (χ3n) is 5.37. The zero-order valence-corrected chi connectivity index (χ0v) is 17.1. The van der Waals surface area contributed by atoms with Gasteiger partial charge in [0.25, 0.3) is 0 Å². The number of ether oxygens (including phenoxy) is 1. The topological polar surface area (TPSA) is 73.2 Å². The maximum absolute atomic E-state index is 12.4. The normalized spacial score (nSPS) is 17.6. The largest absolute Gasteiger partial charge is 0.469 e. The van der Waals surface area contributed by atoms with E-state index in [2.05, 4.69) is 48.1 Å². The van der Waals surface area contributed by atoms with Crippen molar-refractivity contribution < 1.29 is 14.3 Å². The van der Waals surface area contributed by atoms with Gasteiger partial charge < -0.3 is 10.1 Å². The van der Waals surface area contributed by atoms with Crippen LogP contribution in [0, 0.1) is 12.3 Å². The molecule has 6 nitrogen and oxygen atoms in total. The van der Waals surface area contributed by atoms with Crippen molar-refractivity contribution >= 4 is 11.9 Å². The Bertz CT molecular complexity index is 870. The van der Waals surface area contributed by atoms with E-state index in [1.165, 1.54) is 12.7 Å². The standard InChI is InChI=1S/C22H29N3O3/c1-15-8-5-6-9-18(15)25-19-13-22(2,3)12-17(16(19)14-23-25)24-20(26)10-7-11-21(27)28-4/h5-6,8-9,14,17H,7,10-13H2,1-4H3,(H,24,26)/t17-/m0/s1. The Morgan fingerprint density at radius 2 is 2.04 bits per heavy atom. The Balaban J connectivity index is 1.79. The number of methoxy groups -OCH3 is 1. The zero-order valence-electron chi connectivity index (χ0n) is 17.1. The molecule has 1 N–H and O–H groups in total. The minimum absolute atomic E-state index is 0.0406. The molecule has 1 aliphatic rings. The highest BCUT2D eigenvalue weighted by Gasteiger charge is 2.36. The maximum Gasteiger partial charge on any atom is 0.305 e. The summed E-state index contributed by atoms with van der Waals surface area (Å²) in [5.74, 6) is -0.324. The number of hydrogen-bond acceptors (Lipinski definition) is 4. The minimum Gasteiger partial charge on any atom is -0.469 e. The van der Waals surface area contributed by atoms with E-state index in [4.69, 9.17) is 0 Å². The molecule has 1 amide bonds. The van der Waals surface area contributed by atoms with Crippen molar-refractivity contribution in [1.82, 2.24) is 15.1 Å². The zero-order chi connectivity index (χ0) is 20.3. The molecule has 0 radical (unpaired) electrons. The highest BCUT2D eigenvalue weighted by Crippen LogP contribution is 2.41. The van der Waals surface area contributed by atoms with Gasteiger partial charge in [-0.05, 0) is 43.2 Å². The fraction of sp³-hybridized carbons (Fsp3) is 0.500. The Labute approximate surface area is 166 Å². The average molecular weight is 383 g/mol. The van der Waals surface area contributed by atoms with Gasteiger partial charge in [0.1, 0.15) is 0 Å². The smallest absolute Gasteiger partial charge is 0.305 e. The second-order valence-electron chi connectivity index (χ2n) is 8.34. The number of amides is 1. The third kappa shape index (κ3) is 4.43. The molecule has 0 bridgehead atoms. The van der Waals surface area contributed by atoms with Gasteiger partial charge in [0, 0.05) is 18.4 Å². The van der Waals surface area contributed by atoms with E-state index < -0.39 is 0 Å². The predicted molar refractivity (Wildman–Crippen MR) is 107 cm³/mol. The van der Waals surface area contributed by atoms with Crippen LogP contribution in [-0.2, 0) is 20.7 Å². The number of carbonyl (C=O) groups excluding carboxylic acids is 2. The summed E-state index contributed by atoms with van der Waals surface area (Å²) < 4.78 is 6.64. The van der Waals surface area contributed by atoms with Crippen LogP contribution in [0.1, 0.15) is 62.4 Å². The van der Waals surface area contributed by atoms with Crippen LogP contribution in [0.3, 0.4) is 0 Å². The third-order valence-corrected chi connectivity index (χ3v) is 5.37. The summed E-state index contributed by atoms with van der Waals surface area (Å²) in [4.78, 5) is 23.7. The number of carbonyl (C=O) groups is 2. The van der Waals surface area contributed by atoms with E-state index in [1.54, 1.807) is 0 Å². The van der Waals surface area contributed by atoms with Crippen molar-refractivity contribution in [1.29, 1.82) is 0 Å². The predicted octanol–water partition coefficient (Wildman–Crippen LogP) is 3.65. The van der Waals surface area contributed by atoms with Crippen LogP contribution in [-0.4, -0.2) is 28.8 Å². The molecule has 0 unspecified atom stereocenters. The molecule has 0 saturated carbocycles. The Hall–Kier alpha value is -2.63. The van der Waals surface area contributed by atoms with Crippen LogP contribution in [0.25, 0.3) is 5.69 Å². The van der Waals surface area contributed by atoms with Crippen molar-refractivity contribution in [3.8, 4) is 5.69 Å². The molecule has 28 heavy (non-hydrogen) atoms. The number of esters is 1. The lowest BCUT2D eigenvalue weighted by Crippen LogP contribution is -2.36. The summed E-state index contributed by atoms with van der Waals surface area (Å²) in [7, 11) is 1.36. The summed E-state index contributed by atoms with van der Waals surface area (Å²) in [5, 5.41) is 7.81. The van der Waals surface area contributed by atoms with Gasteiger partial charge in [0.05, 0.1) is 30.7 Å². The fourth-order valence-corrected chi connectivity index (χ4v) is 3.94. The van der Waals surface area contributed by atoms with Crippen LogP contribution in [0.2, 0.25) is 0 Å². The molecular formula is C22H29N3O3. The molecule has 2 aromatic rings. The SMILES string of the molecule is COC(=O)CCCC(=O)N[C@H]1CC(C)(C)Cc2c1cnn2-c1ccccc1C. The lowest BCUT2D eigenvalue weighted by atomic mass is 9.74. The van der Waals surface area contributed by atoms with Gasteiger partial charge in [-0.2, -0.15) is 5.10 Å². The number of fused-ring (bicyclic) bond motifs is 1. The van der Waals surface area contributed by atoms with Crippen molar-refractivity contribution in [2.45, 2.75) is 58.9 Å². The molecule has 150 valence electrons. The monoisotopic (exact) mass is 383 g/mol. The van der Waals surface area contributed by atoms with Gasteiger partial charge in [-0.25, -0.2) is 4.68 Å². The Morgan fingerprint density at radius 3 is 2.75 bits per heavy atom. The average Bonchev–Trinajstić information content (AvgIpc) is 3.04. The van der Waals surface area contributed by atoms with Gasteiger partial charge >= 0.3 is 5.97 Å². The van der Waals surface area contributed by atoms with E-state index in [-0.39, 0.29) is 29.8 Å². The molecule has 1 atom stereocenters. The van der Waals surface area contributed by atoms with Gasteiger partial charge in [-0.1, -0.05) is 32.0 Å². The van der Waals surface area contributed by atoms with Crippen LogP contribution < -0.4 is 5.32 Å². The number of hydrogen-bond donors (Lipinski definition) is 1. The molecule has 0 fully saturated rings. The van der Waals surface area contributed by atoms with Crippen LogP contribution in [0.15, 0.2) is 30.5 Å². The number of para-hydroxylation sites is 1. The molecule has 0 saturated heterocycles. The van der Waals surface area contributed by atoms with Crippen molar-refractivity contribution in [2.24, 2.45) is 5.41 Å². The molecule has 0 spiro atoms. The summed E-state index contributed by atoms with van der Waals surface area (Å²) in [6, 6.07) is 8.13. The number of nitrogens with one attached hydrogen (secondary N) is 1. The highest BCUT2D eigenvalue weighted by atomic mass is 16.5. The number of benzene rings is 1. The van der Waals surface area contributed by atoms with E-state index in [1.807, 2.05) is 23.0 Å². The summed E-state index contributed by atoms with van der Waals surface area (Å²) in [5.41, 5.74) is 4.54. The minimum atomic E-state index is -0.284. The second kappa shape index (κ2) is 8.17. The van der Waals surface area contributed by atoms with E-state index in [9.17, 15) is 9.59 Å². The number of nitrogens with zero attached hydrogens (tertiary/aromatic N) is 2. The van der Waals surface area contributed by atoms with Gasteiger partial charge in [0.2, 0.25) is 5.91 Å². The second-order valence-corrected chi connectivity index (χ2v) is 8.34. The lowest BCUT2D eigenvalue weighted by Gasteiger charge is -2.36. The molecule has 0 aliphatic heterocycles. The molecule has 1 aliphatic carbocycles. The van der Waals surface area contributed by atoms with E-state index in [0.29, 0.717) is 12.8 Å². The molecule has 6 heteroatoms. The van der Waals surface area contributed by atoms with Crippen LogP contribution in [0.4, 0.5) is 0 Å². The van der Waals surface area contributed by atoms with Crippen LogP contribution >= 0.6 is 0 Å². The lowest BCUT2D eigenvalue weighted by molar-refractivity contribution is -0.140. The van der Waals surface area contributed by atoms with Gasteiger partial charge in [-0.3, -0.25) is 9.59 Å². The first-order valence-electron chi connectivity index (χ1n) is 9.80. The first-order chi connectivity index (χ1) is 13.3. The number of rotatable bonds is 6. The molecule has 3 rings (SSSR count). The van der Waals surface area contributed by atoms with Crippen molar-refractivity contribution in [3.63, 3.8) is 0 Å². The van der Waals surface area contributed by atoms with Gasteiger partial charge in [0.15, 0.2) is 0 Å². The van der Waals surface area contributed by atoms with Crippen molar-refractivity contribution in [3.05, 3.63) is 47.3 Å².